The largest absolute Gasteiger partial charge is 0.325 e. The molecule has 4 nitrogen and oxygen atoms in total. The monoisotopic (exact) mass is 498 g/mol. The number of rotatable bonds is 4. The van der Waals surface area contributed by atoms with Gasteiger partial charge >= 0.3 is 4.87 Å². The third-order valence-electron chi connectivity index (χ3n) is 8.18. The molecule has 35 heavy (non-hydrogen) atoms. The number of hydrogen-bond donors (Lipinski definition) is 1. The molecule has 0 saturated heterocycles. The molecule has 2 fully saturated rings. The van der Waals surface area contributed by atoms with E-state index in [9.17, 15) is 9.59 Å². The van der Waals surface area contributed by atoms with Gasteiger partial charge < -0.3 is 5.32 Å². The predicted octanol–water partition coefficient (Wildman–Crippen LogP) is 6.35. The van der Waals surface area contributed by atoms with Gasteiger partial charge in [-0.2, -0.15) is 0 Å². The van der Waals surface area contributed by atoms with Crippen LogP contribution in [0.2, 0.25) is 0 Å². The summed E-state index contributed by atoms with van der Waals surface area (Å²) in [6, 6.07) is 24.7. The highest BCUT2D eigenvalue weighted by Gasteiger charge is 2.55. The maximum absolute atomic E-state index is 13.2. The van der Waals surface area contributed by atoms with E-state index < -0.39 is 0 Å². The minimum atomic E-state index is -0.157. The summed E-state index contributed by atoms with van der Waals surface area (Å²) >= 11 is 3.23. The first-order valence-corrected chi connectivity index (χ1v) is 14.1. The molecule has 5 atom stereocenters. The Morgan fingerprint density at radius 3 is 2.57 bits per heavy atom. The lowest BCUT2D eigenvalue weighted by molar-refractivity contribution is -0.116. The normalized spacial score (nSPS) is 26.5. The average molecular weight is 499 g/mol. The zero-order chi connectivity index (χ0) is 23.5. The fourth-order valence-corrected chi connectivity index (χ4v) is 9.88. The van der Waals surface area contributed by atoms with Gasteiger partial charge in [0.25, 0.3) is 0 Å². The second kappa shape index (κ2) is 8.38. The Morgan fingerprint density at radius 1 is 0.943 bits per heavy atom. The van der Waals surface area contributed by atoms with E-state index in [0.29, 0.717) is 11.2 Å². The van der Waals surface area contributed by atoms with Gasteiger partial charge in [-0.25, -0.2) is 0 Å². The molecule has 2 heterocycles. The molecular weight excluding hydrogens is 472 g/mol. The molecule has 1 N–H and O–H groups in total. The van der Waals surface area contributed by atoms with Crippen LogP contribution >= 0.6 is 23.1 Å². The number of nitrogens with zero attached hydrogens (tertiary/aromatic N) is 1. The van der Waals surface area contributed by atoms with Crippen LogP contribution in [0.25, 0.3) is 10.8 Å². The number of thiazole rings is 1. The van der Waals surface area contributed by atoms with Crippen molar-refractivity contribution in [1.29, 1.82) is 0 Å². The van der Waals surface area contributed by atoms with Crippen LogP contribution < -0.4 is 10.2 Å². The molecule has 0 radical (unpaired) electrons. The molecular formula is C29H26N2O2S2. The fourth-order valence-electron chi connectivity index (χ4n) is 6.73. The number of amides is 1. The lowest BCUT2D eigenvalue weighted by Gasteiger charge is -2.40. The van der Waals surface area contributed by atoms with Crippen molar-refractivity contribution >= 4 is 45.5 Å². The Morgan fingerprint density at radius 2 is 1.71 bits per heavy atom. The first-order chi connectivity index (χ1) is 17.2. The van der Waals surface area contributed by atoms with E-state index in [1.54, 1.807) is 4.57 Å². The SMILES string of the molecule is O=C(Cn1c2c(sc1=O)C(c1ccccc1)C1C3CCC(C3)C1S2)Nc1ccc2ccccc2c1. The molecule has 2 bridgehead atoms. The lowest BCUT2D eigenvalue weighted by Crippen LogP contribution is -2.34. The zero-order valence-electron chi connectivity index (χ0n) is 19.2. The number of carbonyl (C=O) groups excluding carboxylic acids is 1. The highest BCUT2D eigenvalue weighted by Crippen LogP contribution is 2.63. The minimum Gasteiger partial charge on any atom is -0.325 e. The fraction of sp³-hybridized carbons (Fsp3) is 0.310. The highest BCUT2D eigenvalue weighted by molar-refractivity contribution is 8.00. The quantitative estimate of drug-likeness (QED) is 0.356. The number of hydrogen-bond acceptors (Lipinski definition) is 4. The molecule has 3 aliphatic rings. The molecule has 1 aromatic heterocycles. The van der Waals surface area contributed by atoms with E-state index in [2.05, 4.69) is 41.7 Å². The summed E-state index contributed by atoms with van der Waals surface area (Å²) in [6.07, 6.45) is 3.93. The van der Waals surface area contributed by atoms with Gasteiger partial charge in [0.15, 0.2) is 0 Å². The van der Waals surface area contributed by atoms with E-state index in [-0.39, 0.29) is 23.2 Å². The summed E-state index contributed by atoms with van der Waals surface area (Å²) in [4.78, 5) is 27.5. The first kappa shape index (κ1) is 21.5. The molecule has 5 unspecified atom stereocenters. The van der Waals surface area contributed by atoms with E-state index in [4.69, 9.17) is 0 Å². The van der Waals surface area contributed by atoms with Gasteiger partial charge in [0.2, 0.25) is 5.91 Å². The number of carbonyl (C=O) groups is 1. The first-order valence-electron chi connectivity index (χ1n) is 12.4. The summed E-state index contributed by atoms with van der Waals surface area (Å²) in [5.74, 6) is 2.17. The molecule has 3 aromatic carbocycles. The summed E-state index contributed by atoms with van der Waals surface area (Å²) in [5, 5.41) is 6.80. The summed E-state index contributed by atoms with van der Waals surface area (Å²) in [7, 11) is 0. The number of fused-ring (bicyclic) bond motifs is 7. The number of nitrogens with one attached hydrogen (secondary N) is 1. The highest BCUT2D eigenvalue weighted by atomic mass is 32.2. The minimum absolute atomic E-state index is 0.0237. The molecule has 4 aromatic rings. The van der Waals surface area contributed by atoms with Gasteiger partial charge in [-0.05, 0) is 65.5 Å². The van der Waals surface area contributed by atoms with Crippen LogP contribution in [-0.2, 0) is 11.3 Å². The molecule has 7 rings (SSSR count). The van der Waals surface area contributed by atoms with Crippen molar-refractivity contribution in [2.45, 2.75) is 42.0 Å². The van der Waals surface area contributed by atoms with E-state index in [0.717, 1.165) is 33.3 Å². The number of aromatic nitrogens is 1. The number of benzene rings is 3. The van der Waals surface area contributed by atoms with Crippen molar-refractivity contribution in [2.24, 2.45) is 17.8 Å². The van der Waals surface area contributed by atoms with Gasteiger partial charge in [-0.1, -0.05) is 72.0 Å². The van der Waals surface area contributed by atoms with E-state index in [1.807, 2.05) is 48.2 Å². The van der Waals surface area contributed by atoms with Gasteiger partial charge in [0.1, 0.15) is 6.54 Å². The Balaban J connectivity index is 1.22. The molecule has 1 aliphatic heterocycles. The zero-order valence-corrected chi connectivity index (χ0v) is 20.9. The van der Waals surface area contributed by atoms with Crippen molar-refractivity contribution in [3.8, 4) is 0 Å². The average Bonchev–Trinajstić information content (AvgIpc) is 3.57. The van der Waals surface area contributed by atoms with Crippen LogP contribution in [0.1, 0.15) is 35.6 Å². The Bertz CT molecular complexity index is 1490. The summed E-state index contributed by atoms with van der Waals surface area (Å²) in [5.41, 5.74) is 2.07. The lowest BCUT2D eigenvalue weighted by atomic mass is 9.75. The van der Waals surface area contributed by atoms with Crippen LogP contribution in [0.3, 0.4) is 0 Å². The molecule has 176 valence electrons. The Kier molecular flexibility index (Phi) is 5.14. The van der Waals surface area contributed by atoms with Crippen molar-refractivity contribution in [2.75, 3.05) is 5.32 Å². The number of anilines is 1. The topological polar surface area (TPSA) is 51.1 Å². The molecule has 2 saturated carbocycles. The predicted molar refractivity (Wildman–Crippen MR) is 143 cm³/mol. The van der Waals surface area contributed by atoms with Crippen molar-refractivity contribution < 1.29 is 4.79 Å². The standard InChI is InChI=1S/C29H26N2O2S2/c32-23(30-22-13-12-17-6-4-5-9-19(17)15-22)16-31-28-27(35-29(31)33)24(18-7-2-1-3-8-18)25-20-10-11-21(14-20)26(25)34-28/h1-9,12-13,15,20-21,24-26H,10-11,14,16H2,(H,30,32). The van der Waals surface area contributed by atoms with Crippen LogP contribution in [0.5, 0.6) is 0 Å². The molecule has 2 aliphatic carbocycles. The molecule has 6 heteroatoms. The Hall–Kier alpha value is -2.83. The van der Waals surface area contributed by atoms with Crippen molar-refractivity contribution in [3.05, 3.63) is 92.9 Å². The molecule has 1 amide bonds. The van der Waals surface area contributed by atoms with Crippen molar-refractivity contribution in [1.82, 2.24) is 4.57 Å². The number of thioether (sulfide) groups is 1. The van der Waals surface area contributed by atoms with Crippen LogP contribution in [-0.4, -0.2) is 15.7 Å². The van der Waals surface area contributed by atoms with Crippen LogP contribution in [0, 0.1) is 17.8 Å². The van der Waals surface area contributed by atoms with Gasteiger partial charge in [-0.3, -0.25) is 14.2 Å². The summed E-state index contributed by atoms with van der Waals surface area (Å²) < 4.78 is 1.74. The maximum Gasteiger partial charge on any atom is 0.308 e. The summed E-state index contributed by atoms with van der Waals surface area (Å²) in [6.45, 7) is 0.0531. The van der Waals surface area contributed by atoms with Crippen molar-refractivity contribution in [3.63, 3.8) is 0 Å². The second-order valence-electron chi connectivity index (χ2n) is 10.1. The van der Waals surface area contributed by atoms with Gasteiger partial charge in [0.05, 0.1) is 5.03 Å². The maximum atomic E-state index is 13.2. The van der Waals surface area contributed by atoms with E-state index in [1.165, 1.54) is 41.0 Å². The second-order valence-corrected chi connectivity index (χ2v) is 12.3. The smallest absolute Gasteiger partial charge is 0.308 e. The molecule has 0 spiro atoms. The van der Waals surface area contributed by atoms with E-state index >= 15 is 0 Å². The van der Waals surface area contributed by atoms with Gasteiger partial charge in [-0.15, -0.1) is 11.8 Å². The Labute approximate surface area is 212 Å². The third-order valence-corrected chi connectivity index (χ3v) is 11.0. The van der Waals surface area contributed by atoms with Crippen LogP contribution in [0.4, 0.5) is 5.69 Å². The van der Waals surface area contributed by atoms with Gasteiger partial charge in [0, 0.05) is 21.7 Å². The van der Waals surface area contributed by atoms with Crippen LogP contribution in [0.15, 0.2) is 82.6 Å². The third kappa shape index (κ3) is 3.57.